The second-order valence-electron chi connectivity index (χ2n) is 19.4. The van der Waals surface area contributed by atoms with Crippen molar-refractivity contribution in [1.82, 2.24) is 0 Å². The summed E-state index contributed by atoms with van der Waals surface area (Å²) in [7, 11) is -12.3. The molecule has 4 aromatic carbocycles. The molecule has 1 unspecified atom stereocenters. The highest BCUT2D eigenvalue weighted by atomic mass is 32.2. The summed E-state index contributed by atoms with van der Waals surface area (Å²) in [5, 5.41) is 20.4. The monoisotopic (exact) mass is 1130 g/mol. The van der Waals surface area contributed by atoms with E-state index in [2.05, 4.69) is 0 Å². The fourth-order valence-electron chi connectivity index (χ4n) is 10.5. The molecule has 0 spiro atoms. The van der Waals surface area contributed by atoms with Crippen LogP contribution in [0.15, 0.2) is 105 Å². The Morgan fingerprint density at radius 1 is 0.737 bits per heavy atom. The van der Waals surface area contributed by atoms with Crippen molar-refractivity contribution in [1.29, 1.82) is 0 Å². The quantitative estimate of drug-likeness (QED) is 0.0180. The van der Waals surface area contributed by atoms with Gasteiger partial charge in [0.15, 0.2) is 18.9 Å². The molecule has 0 aromatic heterocycles. The number of carboxylic acids is 2. The van der Waals surface area contributed by atoms with Gasteiger partial charge in [0, 0.05) is 70.4 Å². The molecule has 2 heterocycles. The van der Waals surface area contributed by atoms with Crippen molar-refractivity contribution in [3.05, 3.63) is 107 Å². The highest BCUT2D eigenvalue weighted by Crippen LogP contribution is 2.53. The Hall–Kier alpha value is -6.03. The number of carbonyl (C=O) groups is 2. The highest BCUT2D eigenvalue weighted by Gasteiger charge is 2.46. The number of methoxy groups -OCH3 is 1. The molecular weight excluding hydrogens is 1070 g/mol. The second kappa shape index (κ2) is 22.5. The molecule has 21 nitrogen and oxygen atoms in total. The number of rotatable bonds is 23. The van der Waals surface area contributed by atoms with Gasteiger partial charge in [-0.3, -0.25) is 22.4 Å². The summed E-state index contributed by atoms with van der Waals surface area (Å²) >= 11 is -2.45. The van der Waals surface area contributed by atoms with Crippen LogP contribution in [0.1, 0.15) is 83.8 Å². The molecule has 0 fully saturated rings. The summed E-state index contributed by atoms with van der Waals surface area (Å²) in [5.74, 6) is -2.66. The van der Waals surface area contributed by atoms with Gasteiger partial charge >= 0.3 is 23.3 Å². The van der Waals surface area contributed by atoms with Crippen molar-refractivity contribution >= 4 is 92.3 Å². The van der Waals surface area contributed by atoms with E-state index in [0.29, 0.717) is 101 Å². The summed E-state index contributed by atoms with van der Waals surface area (Å²) in [6.07, 6.45) is 10.9. The zero-order chi connectivity index (χ0) is 55.7. The fourth-order valence-corrected chi connectivity index (χ4v) is 12.3. The average molecular weight is 1130 g/mol. The molecule has 0 saturated carbocycles. The Morgan fingerprint density at radius 3 is 1.88 bits per heavy atom. The topological polar surface area (TPSA) is 318 Å². The Bertz CT molecular complexity index is 3560. The lowest BCUT2D eigenvalue weighted by atomic mass is 9.78. The van der Waals surface area contributed by atoms with Gasteiger partial charge in [0.25, 0.3) is 30.4 Å². The van der Waals surface area contributed by atoms with E-state index in [1.54, 1.807) is 25.3 Å². The molecule has 7 rings (SSSR count). The zero-order valence-electron chi connectivity index (χ0n) is 42.1. The van der Waals surface area contributed by atoms with Crippen molar-refractivity contribution in [3.63, 3.8) is 0 Å². The maximum atomic E-state index is 12.6. The van der Waals surface area contributed by atoms with Crippen LogP contribution in [0.5, 0.6) is 11.5 Å². The SMILES string of the molecule is COC1=C(/C=C/C2=[N+](CCCCOS(=O)O)c3ccc4c(OCC(=O)O)cc(S(=O)(=O)O)cc4c3C2(C)C)CCC/C1=C\C=C1\N(CCCCS(=O)(=O)O)c2ccc3c(OCC(=O)O)cc(S(=O)(=O)O)cc3c2C1(C)C. The van der Waals surface area contributed by atoms with Crippen molar-refractivity contribution in [3.8, 4) is 11.5 Å². The second-order valence-corrected chi connectivity index (χ2v) is 24.5. The average Bonchev–Trinajstić information content (AvgIpc) is 3.68. The molecule has 1 atom stereocenters. The predicted octanol–water partition coefficient (Wildman–Crippen LogP) is 7.64. The molecule has 0 amide bonds. The molecule has 25 heteroatoms. The van der Waals surface area contributed by atoms with Gasteiger partial charge in [0.1, 0.15) is 23.8 Å². The van der Waals surface area contributed by atoms with Crippen LogP contribution in [-0.2, 0) is 71.1 Å². The van der Waals surface area contributed by atoms with Crippen LogP contribution in [0.4, 0.5) is 11.4 Å². The standard InChI is InChI=1S/C51H58N2O19S4/c1-50(2)43(52(21-6-8-23-72-73(58)59)39-17-15-35-37(47(39)50)25-33(75(63,64)65)27-41(35)70-29-45(54)55)19-13-31-11-10-12-32(49(31)69-5)14-20-44-51(3,4)48-38-26-34(76(66,67)68)28-42(71-30-46(56)57)36(38)16-18-40(48)53(44)22-7-9-24-74(60,61)62/h13-20,25-28H,6-12,21-24,29-30H2,1-5H3,(H5-,54,55,56,57,58,59,60,61,62,63,64,65,66,67,68)/p+1. The van der Waals surface area contributed by atoms with Gasteiger partial charge in [0.2, 0.25) is 5.69 Å². The van der Waals surface area contributed by atoms with E-state index in [0.717, 1.165) is 29.0 Å². The molecule has 4 aromatic rings. The van der Waals surface area contributed by atoms with E-state index in [4.69, 9.17) is 18.4 Å². The number of aliphatic carboxylic acids is 2. The van der Waals surface area contributed by atoms with Gasteiger partial charge < -0.3 is 29.3 Å². The Morgan fingerprint density at radius 2 is 1.33 bits per heavy atom. The first-order chi connectivity index (χ1) is 35.5. The fraction of sp³-hybridized carbons (Fsp3) is 0.392. The van der Waals surface area contributed by atoms with E-state index >= 15 is 0 Å². The summed E-state index contributed by atoms with van der Waals surface area (Å²) in [6, 6.07) is 11.7. The molecule has 0 bridgehead atoms. The van der Waals surface area contributed by atoms with E-state index in [1.807, 2.05) is 67.5 Å². The Labute approximate surface area is 442 Å². The molecule has 0 saturated heterocycles. The van der Waals surface area contributed by atoms with E-state index in [9.17, 15) is 67.5 Å². The molecule has 0 radical (unpaired) electrons. The number of hydrogen-bond donors (Lipinski definition) is 6. The summed E-state index contributed by atoms with van der Waals surface area (Å²) in [6.45, 7) is 6.77. The van der Waals surface area contributed by atoms with E-state index in [1.165, 1.54) is 12.1 Å². The zero-order valence-corrected chi connectivity index (χ0v) is 45.4. The van der Waals surface area contributed by atoms with Crippen LogP contribution in [0.25, 0.3) is 21.5 Å². The minimum absolute atomic E-state index is 0.00142. The van der Waals surface area contributed by atoms with E-state index < -0.39 is 93.2 Å². The first-order valence-corrected chi connectivity index (χ1v) is 29.4. The third-order valence-corrected chi connectivity index (χ3v) is 16.5. The molecule has 410 valence electrons. The molecule has 3 aliphatic rings. The smallest absolute Gasteiger partial charge is 0.341 e. The third kappa shape index (κ3) is 12.5. The number of unbranched alkanes of at least 4 members (excludes halogenated alkanes) is 2. The lowest BCUT2D eigenvalue weighted by molar-refractivity contribution is -0.438. The van der Waals surface area contributed by atoms with Crippen molar-refractivity contribution in [2.75, 3.05) is 50.7 Å². The van der Waals surface area contributed by atoms with Crippen LogP contribution in [-0.4, -0.2) is 126 Å². The molecule has 1 aliphatic carbocycles. The minimum Gasteiger partial charge on any atom is -0.496 e. The largest absolute Gasteiger partial charge is 0.496 e. The normalized spacial score (nSPS) is 18.0. The van der Waals surface area contributed by atoms with Gasteiger partial charge in [-0.15, -0.1) is 0 Å². The third-order valence-electron chi connectivity index (χ3n) is 13.6. The van der Waals surface area contributed by atoms with Gasteiger partial charge in [-0.2, -0.15) is 34.0 Å². The predicted molar refractivity (Wildman–Crippen MR) is 282 cm³/mol. The number of hydrogen-bond acceptors (Lipinski definition) is 14. The Balaban J connectivity index is 1.34. The number of anilines is 1. The van der Waals surface area contributed by atoms with Crippen LogP contribution in [0.2, 0.25) is 0 Å². The molecule has 6 N–H and O–H groups in total. The lowest BCUT2D eigenvalue weighted by Crippen LogP contribution is -2.28. The van der Waals surface area contributed by atoms with Gasteiger partial charge in [-0.05, 0) is 122 Å². The van der Waals surface area contributed by atoms with Gasteiger partial charge in [-0.25, -0.2) is 9.59 Å². The Kier molecular flexibility index (Phi) is 17.1. The van der Waals surface area contributed by atoms with Crippen molar-refractivity contribution < 1.29 is 90.4 Å². The first kappa shape index (κ1) is 57.7. The van der Waals surface area contributed by atoms with Crippen LogP contribution < -0.4 is 14.4 Å². The minimum atomic E-state index is -4.82. The van der Waals surface area contributed by atoms with Crippen molar-refractivity contribution in [2.24, 2.45) is 0 Å². The summed E-state index contributed by atoms with van der Waals surface area (Å²) < 4.78 is 148. The van der Waals surface area contributed by atoms with Gasteiger partial charge in [-0.1, -0.05) is 19.9 Å². The number of carboxylic acid groups (broad SMARTS) is 2. The maximum absolute atomic E-state index is 12.6. The number of allylic oxidation sites excluding steroid dienone is 7. The highest BCUT2D eigenvalue weighted by molar-refractivity contribution is 7.86. The van der Waals surface area contributed by atoms with Crippen LogP contribution >= 0.6 is 0 Å². The number of fused-ring (bicyclic) bond motifs is 6. The van der Waals surface area contributed by atoms with Crippen LogP contribution in [0, 0.1) is 0 Å². The van der Waals surface area contributed by atoms with Crippen molar-refractivity contribution in [2.45, 2.75) is 93.3 Å². The molecule has 76 heavy (non-hydrogen) atoms. The number of nitrogens with zero attached hydrogens (tertiary/aromatic N) is 2. The first-order valence-electron chi connectivity index (χ1n) is 23.9. The van der Waals surface area contributed by atoms with E-state index in [-0.39, 0.29) is 31.1 Å². The molecule has 2 aliphatic heterocycles. The van der Waals surface area contributed by atoms with Gasteiger partial charge in [0.05, 0.1) is 34.7 Å². The lowest BCUT2D eigenvalue weighted by Gasteiger charge is -2.27. The maximum Gasteiger partial charge on any atom is 0.341 e. The number of benzene rings is 4. The van der Waals surface area contributed by atoms with Crippen LogP contribution in [0.3, 0.4) is 0 Å². The number of ether oxygens (including phenoxy) is 3. The molecular formula is C51H59N2O19S4+. The summed E-state index contributed by atoms with van der Waals surface area (Å²) in [4.78, 5) is 24.0. The summed E-state index contributed by atoms with van der Waals surface area (Å²) in [5.41, 5.74) is 3.91.